The van der Waals surface area contributed by atoms with Crippen LogP contribution in [0, 0.1) is 17.5 Å². The fraction of sp³-hybridized carbons (Fsp3) is 0.200. The van der Waals surface area contributed by atoms with Gasteiger partial charge in [0.2, 0.25) is 0 Å². The molecule has 14 heteroatoms. The topological polar surface area (TPSA) is 136 Å². The van der Waals surface area contributed by atoms with E-state index in [2.05, 4.69) is 15.6 Å². The van der Waals surface area contributed by atoms with Gasteiger partial charge in [-0.25, -0.2) is 27.3 Å². The minimum Gasteiger partial charge on any atom is -0.494 e. The highest BCUT2D eigenvalue weighted by Crippen LogP contribution is 2.24. The number of rotatable bonds is 9. The van der Waals surface area contributed by atoms with Crippen molar-refractivity contribution in [2.45, 2.75) is 6.54 Å². The van der Waals surface area contributed by atoms with Gasteiger partial charge in [0.15, 0.2) is 11.6 Å². The van der Waals surface area contributed by atoms with Crippen LogP contribution >= 0.6 is 0 Å². The molecular weight excluding hydrogens is 579 g/mol. The Labute approximate surface area is 250 Å². The number of amides is 2. The van der Waals surface area contributed by atoms with Crippen molar-refractivity contribution >= 4 is 28.9 Å². The zero-order valence-corrected chi connectivity index (χ0v) is 24.3. The van der Waals surface area contributed by atoms with Crippen molar-refractivity contribution < 1.29 is 22.7 Å². The number of benzene rings is 3. The van der Waals surface area contributed by atoms with Gasteiger partial charge in [-0.1, -0.05) is 12.1 Å². The number of carbonyl (C=O) groups is 1. The molecule has 0 radical (unpaired) electrons. The fourth-order valence-corrected chi connectivity index (χ4v) is 4.41. The third kappa shape index (κ3) is 6.49. The third-order valence-corrected chi connectivity index (χ3v) is 6.54. The molecule has 0 atom stereocenters. The lowest BCUT2D eigenvalue weighted by atomic mass is 10.1. The number of aromatic nitrogens is 2. The molecule has 0 aliphatic rings. The van der Waals surface area contributed by atoms with Crippen LogP contribution in [0.25, 0.3) is 5.69 Å². The zero-order valence-electron chi connectivity index (χ0n) is 24.3. The van der Waals surface area contributed by atoms with Gasteiger partial charge < -0.3 is 26.0 Å². The lowest BCUT2D eigenvalue weighted by Crippen LogP contribution is -2.45. The molecule has 0 saturated carbocycles. The largest absolute Gasteiger partial charge is 0.494 e. The highest BCUT2D eigenvalue weighted by atomic mass is 19.1. The second-order valence-corrected chi connectivity index (χ2v) is 9.81. The van der Waals surface area contributed by atoms with Gasteiger partial charge in [0.25, 0.3) is 5.56 Å². The van der Waals surface area contributed by atoms with Crippen molar-refractivity contribution in [3.63, 3.8) is 0 Å². The normalized spacial score (nSPS) is 11.5. The van der Waals surface area contributed by atoms with E-state index < -0.39 is 58.3 Å². The van der Waals surface area contributed by atoms with Gasteiger partial charge in [-0.3, -0.25) is 14.4 Å². The first kappa shape index (κ1) is 31.6. The van der Waals surface area contributed by atoms with Gasteiger partial charge in [-0.05, 0) is 62.6 Å². The first-order valence-corrected chi connectivity index (χ1v) is 13.2. The van der Waals surface area contributed by atoms with Crippen molar-refractivity contribution in [1.82, 2.24) is 19.4 Å². The Bertz CT molecular complexity index is 1830. The summed E-state index contributed by atoms with van der Waals surface area (Å²) in [5.74, 6) is -3.59. The number of methoxy groups -OCH3 is 1. The summed E-state index contributed by atoms with van der Waals surface area (Å²) in [6.45, 7) is -0.693. The molecule has 230 valence electrons. The number of carbonyl (C=O) groups excluding carboxylic acids is 1. The highest BCUT2D eigenvalue weighted by molar-refractivity contribution is 6.06. The van der Waals surface area contributed by atoms with Gasteiger partial charge >= 0.3 is 11.7 Å². The number of nitrogens with zero attached hydrogens (tertiary/aromatic N) is 4. The maximum atomic E-state index is 15.5. The van der Waals surface area contributed by atoms with Crippen molar-refractivity contribution in [3.8, 4) is 11.4 Å². The van der Waals surface area contributed by atoms with Crippen LogP contribution in [0.15, 0.2) is 75.2 Å². The molecule has 0 aliphatic heterocycles. The Kier molecular flexibility index (Phi) is 9.54. The van der Waals surface area contributed by atoms with Gasteiger partial charge in [0.1, 0.15) is 23.0 Å². The van der Waals surface area contributed by atoms with E-state index in [1.54, 1.807) is 43.3 Å². The van der Waals surface area contributed by atoms with Crippen molar-refractivity contribution in [3.05, 3.63) is 110 Å². The Balaban J connectivity index is 2.02. The zero-order chi connectivity index (χ0) is 32.1. The third-order valence-electron chi connectivity index (χ3n) is 6.54. The lowest BCUT2D eigenvalue weighted by molar-refractivity contribution is 0.254. The summed E-state index contributed by atoms with van der Waals surface area (Å²) in [7, 11) is 6.09. The quantitative estimate of drug-likeness (QED) is 0.249. The number of aliphatic imine (C=N–C) groups is 1. The summed E-state index contributed by atoms with van der Waals surface area (Å²) in [4.78, 5) is 45.8. The second kappa shape index (κ2) is 13.3. The van der Waals surface area contributed by atoms with Crippen molar-refractivity contribution in [1.29, 1.82) is 0 Å². The van der Waals surface area contributed by atoms with Crippen LogP contribution < -0.4 is 32.4 Å². The Morgan fingerprint density at radius 2 is 1.64 bits per heavy atom. The molecule has 11 nitrogen and oxygen atoms in total. The summed E-state index contributed by atoms with van der Waals surface area (Å²) in [5, 5.41) is 5.05. The number of anilines is 2. The summed E-state index contributed by atoms with van der Waals surface area (Å²) in [6, 6.07) is 12.9. The molecular formula is C30H30F3N7O4. The van der Waals surface area contributed by atoms with E-state index in [-0.39, 0.29) is 23.6 Å². The molecule has 4 aromatic rings. The molecule has 44 heavy (non-hydrogen) atoms. The predicted molar refractivity (Wildman–Crippen MR) is 162 cm³/mol. The minimum atomic E-state index is -1.14. The van der Waals surface area contributed by atoms with E-state index in [4.69, 9.17) is 10.5 Å². The van der Waals surface area contributed by atoms with Gasteiger partial charge in [-0.15, -0.1) is 0 Å². The van der Waals surface area contributed by atoms with E-state index >= 15 is 4.39 Å². The lowest BCUT2D eigenvalue weighted by Gasteiger charge is -2.20. The van der Waals surface area contributed by atoms with E-state index in [9.17, 15) is 23.2 Å². The molecule has 4 rings (SSSR count). The SMILES string of the molecule is CNC(=O)Nc1ccc(N=C(CN(C)C)c2c(N)n(Cc3c(F)cccc3F)c(=O)n(-c3cccc(OC)c3F)c2=O)cc1. The van der Waals surface area contributed by atoms with Crippen LogP contribution in [0.5, 0.6) is 5.75 Å². The molecule has 0 bridgehead atoms. The maximum absolute atomic E-state index is 15.5. The van der Waals surface area contributed by atoms with Gasteiger partial charge in [-0.2, -0.15) is 0 Å². The number of hydrogen-bond donors (Lipinski definition) is 3. The number of urea groups is 1. The summed E-state index contributed by atoms with van der Waals surface area (Å²) in [6.07, 6.45) is 0. The van der Waals surface area contributed by atoms with Crippen LogP contribution in [-0.2, 0) is 6.54 Å². The molecule has 0 aliphatic carbocycles. The van der Waals surface area contributed by atoms with E-state index in [0.717, 1.165) is 22.8 Å². The molecule has 2 amide bonds. The number of halogens is 3. The van der Waals surface area contributed by atoms with Crippen LogP contribution in [-0.4, -0.2) is 60.6 Å². The molecule has 0 unspecified atom stereocenters. The average molecular weight is 610 g/mol. The van der Waals surface area contributed by atoms with Crippen LogP contribution in [0.1, 0.15) is 11.1 Å². The first-order chi connectivity index (χ1) is 21.0. The standard InChI is InChI=1S/C30H30F3N7O4/c1-35-29(42)37-18-13-11-17(12-14-18)36-22(16-38(2)3)25-27(34)39(15-19-20(31)7-5-8-21(19)32)30(43)40(28(25)41)23-9-6-10-24(44-4)26(23)33/h5-14H,15-16,34H2,1-4H3,(H2,35,37,42). The van der Waals surface area contributed by atoms with Crippen LogP contribution in [0.4, 0.5) is 35.2 Å². The van der Waals surface area contributed by atoms with Crippen LogP contribution in [0.3, 0.4) is 0 Å². The Morgan fingerprint density at radius 1 is 1.00 bits per heavy atom. The molecule has 3 aromatic carbocycles. The summed E-state index contributed by atoms with van der Waals surface area (Å²) in [5.41, 5.74) is 3.93. The van der Waals surface area contributed by atoms with Gasteiger partial charge in [0, 0.05) is 24.8 Å². The maximum Gasteiger partial charge on any atom is 0.337 e. The first-order valence-electron chi connectivity index (χ1n) is 13.2. The fourth-order valence-electron chi connectivity index (χ4n) is 4.41. The molecule has 4 N–H and O–H groups in total. The molecule has 0 fully saturated rings. The van der Waals surface area contributed by atoms with E-state index in [1.807, 2.05) is 0 Å². The number of nitrogens with one attached hydrogen (secondary N) is 2. The summed E-state index contributed by atoms with van der Waals surface area (Å²) >= 11 is 0. The number of ether oxygens (including phenoxy) is 1. The minimum absolute atomic E-state index is 0.0184. The molecule has 1 heterocycles. The smallest absolute Gasteiger partial charge is 0.337 e. The number of nitrogen functional groups attached to an aromatic ring is 1. The predicted octanol–water partition coefficient (Wildman–Crippen LogP) is 3.49. The molecule has 0 saturated heterocycles. The average Bonchev–Trinajstić information content (AvgIpc) is 2.98. The van der Waals surface area contributed by atoms with E-state index in [1.165, 1.54) is 32.4 Å². The molecule has 0 spiro atoms. The Morgan fingerprint density at radius 3 is 2.23 bits per heavy atom. The number of nitrogens with two attached hydrogens (primary N) is 1. The summed E-state index contributed by atoms with van der Waals surface area (Å²) < 4.78 is 51.3. The second-order valence-electron chi connectivity index (χ2n) is 9.81. The van der Waals surface area contributed by atoms with Gasteiger partial charge in [0.05, 0.1) is 30.7 Å². The monoisotopic (exact) mass is 609 g/mol. The van der Waals surface area contributed by atoms with Crippen molar-refractivity contribution in [2.75, 3.05) is 45.8 Å². The molecule has 1 aromatic heterocycles. The highest BCUT2D eigenvalue weighted by Gasteiger charge is 2.26. The van der Waals surface area contributed by atoms with Crippen LogP contribution in [0.2, 0.25) is 0 Å². The number of hydrogen-bond acceptors (Lipinski definition) is 7. The Hall–Kier alpha value is -5.37. The van der Waals surface area contributed by atoms with E-state index in [0.29, 0.717) is 15.9 Å². The number of likely N-dealkylation sites (N-methyl/N-ethyl adjacent to an activating group) is 1. The van der Waals surface area contributed by atoms with Crippen molar-refractivity contribution in [2.24, 2.45) is 4.99 Å².